The van der Waals surface area contributed by atoms with Gasteiger partial charge >= 0.3 is 0 Å². The van der Waals surface area contributed by atoms with Crippen LogP contribution in [-0.2, 0) is 6.42 Å². The third-order valence-electron chi connectivity index (χ3n) is 4.70. The van der Waals surface area contributed by atoms with Crippen molar-refractivity contribution >= 4 is 16.8 Å². The Labute approximate surface area is 162 Å². The predicted octanol–water partition coefficient (Wildman–Crippen LogP) is 3.61. The summed E-state index contributed by atoms with van der Waals surface area (Å²) in [5.41, 5.74) is 2.73. The van der Waals surface area contributed by atoms with Gasteiger partial charge in [0, 0.05) is 29.3 Å². The highest BCUT2D eigenvalue weighted by Gasteiger charge is 2.15. The monoisotopic (exact) mass is 386 g/mol. The minimum atomic E-state index is -0.363. The van der Waals surface area contributed by atoms with Crippen LogP contribution < -0.4 is 19.5 Å². The molecule has 1 aromatic heterocycles. The summed E-state index contributed by atoms with van der Waals surface area (Å²) in [5, 5.41) is 3.65. The van der Waals surface area contributed by atoms with Gasteiger partial charge in [-0.15, -0.1) is 0 Å². The van der Waals surface area contributed by atoms with Crippen LogP contribution in [0, 0.1) is 12.7 Å². The molecular formula is C21H23FN2O4. The van der Waals surface area contributed by atoms with E-state index in [1.165, 1.54) is 20.3 Å². The first-order valence-corrected chi connectivity index (χ1v) is 8.83. The van der Waals surface area contributed by atoms with Gasteiger partial charge in [0.1, 0.15) is 5.75 Å². The van der Waals surface area contributed by atoms with Crippen molar-refractivity contribution in [3.8, 4) is 17.2 Å². The van der Waals surface area contributed by atoms with Crippen LogP contribution in [0.2, 0.25) is 0 Å². The molecule has 148 valence electrons. The van der Waals surface area contributed by atoms with Crippen LogP contribution in [0.1, 0.15) is 21.6 Å². The molecule has 0 spiro atoms. The Balaban J connectivity index is 1.74. The van der Waals surface area contributed by atoms with E-state index in [2.05, 4.69) is 10.3 Å². The van der Waals surface area contributed by atoms with Gasteiger partial charge in [-0.2, -0.15) is 0 Å². The number of aromatic nitrogens is 1. The Hall–Kier alpha value is -3.22. The van der Waals surface area contributed by atoms with Crippen LogP contribution in [0.5, 0.6) is 17.2 Å². The molecule has 0 aliphatic heterocycles. The maximum absolute atomic E-state index is 14.2. The molecule has 0 saturated carbocycles. The lowest BCUT2D eigenvalue weighted by Gasteiger charge is -2.10. The highest BCUT2D eigenvalue weighted by molar-refractivity contribution is 5.95. The van der Waals surface area contributed by atoms with Crippen molar-refractivity contribution in [2.24, 2.45) is 0 Å². The molecule has 3 aromatic rings. The summed E-state index contributed by atoms with van der Waals surface area (Å²) in [5.74, 6) is 0.925. The number of fused-ring (bicyclic) bond motifs is 1. The van der Waals surface area contributed by atoms with E-state index in [0.717, 1.165) is 16.6 Å². The number of halogens is 1. The van der Waals surface area contributed by atoms with Crippen LogP contribution in [-0.4, -0.2) is 38.8 Å². The normalized spacial score (nSPS) is 10.8. The first-order valence-electron chi connectivity index (χ1n) is 8.83. The van der Waals surface area contributed by atoms with Crippen molar-refractivity contribution < 1.29 is 23.4 Å². The summed E-state index contributed by atoms with van der Waals surface area (Å²) in [4.78, 5) is 15.5. The molecule has 0 radical (unpaired) electrons. The molecule has 0 unspecified atom stereocenters. The van der Waals surface area contributed by atoms with Crippen LogP contribution in [0.4, 0.5) is 4.39 Å². The minimum Gasteiger partial charge on any atom is -0.497 e. The van der Waals surface area contributed by atoms with Gasteiger partial charge in [0.25, 0.3) is 5.91 Å². The fourth-order valence-corrected chi connectivity index (χ4v) is 3.23. The third kappa shape index (κ3) is 3.74. The lowest BCUT2D eigenvalue weighted by molar-refractivity contribution is 0.0953. The van der Waals surface area contributed by atoms with E-state index in [0.29, 0.717) is 41.3 Å². The number of rotatable bonds is 7. The average molecular weight is 386 g/mol. The van der Waals surface area contributed by atoms with Crippen LogP contribution in [0.25, 0.3) is 10.9 Å². The molecule has 0 aliphatic rings. The zero-order valence-electron chi connectivity index (χ0n) is 16.3. The molecule has 2 aromatic carbocycles. The summed E-state index contributed by atoms with van der Waals surface area (Å²) in [6.45, 7) is 2.29. The van der Waals surface area contributed by atoms with E-state index in [1.54, 1.807) is 31.4 Å². The number of aryl methyl sites for hydroxylation is 1. The maximum Gasteiger partial charge on any atom is 0.251 e. The Kier molecular flexibility index (Phi) is 5.73. The zero-order valence-corrected chi connectivity index (χ0v) is 16.3. The standard InChI is InChI=1S/C21H23FN2O4/c1-12-15(16-10-14(26-2)11-17(22)20(16)24-12)7-8-23-21(25)13-5-6-18(27-3)19(9-13)28-4/h5-6,9-11,24H,7-8H2,1-4H3,(H,23,25). The van der Waals surface area contributed by atoms with Crippen molar-refractivity contribution in [3.63, 3.8) is 0 Å². The topological polar surface area (TPSA) is 72.6 Å². The fraction of sp³-hybridized carbons (Fsp3) is 0.286. The third-order valence-corrected chi connectivity index (χ3v) is 4.70. The molecule has 0 fully saturated rings. The van der Waals surface area contributed by atoms with Gasteiger partial charge in [0.15, 0.2) is 17.3 Å². The maximum atomic E-state index is 14.2. The molecule has 1 amide bonds. The number of carbonyl (C=O) groups is 1. The van der Waals surface area contributed by atoms with E-state index in [1.807, 2.05) is 6.92 Å². The van der Waals surface area contributed by atoms with Crippen LogP contribution in [0.15, 0.2) is 30.3 Å². The number of H-pyrrole nitrogens is 1. The molecule has 6 nitrogen and oxygen atoms in total. The molecule has 7 heteroatoms. The Morgan fingerprint density at radius 1 is 1.07 bits per heavy atom. The minimum absolute atomic E-state index is 0.220. The van der Waals surface area contributed by atoms with Crippen molar-refractivity contribution in [2.75, 3.05) is 27.9 Å². The van der Waals surface area contributed by atoms with Gasteiger partial charge in [-0.3, -0.25) is 4.79 Å². The zero-order chi connectivity index (χ0) is 20.3. The first-order chi connectivity index (χ1) is 13.5. The number of aromatic amines is 1. The predicted molar refractivity (Wildman–Crippen MR) is 105 cm³/mol. The molecule has 0 aliphatic carbocycles. The van der Waals surface area contributed by atoms with Gasteiger partial charge in [-0.25, -0.2) is 4.39 Å². The van der Waals surface area contributed by atoms with Crippen molar-refractivity contribution in [3.05, 3.63) is 53.0 Å². The number of methoxy groups -OCH3 is 3. The summed E-state index contributed by atoms with van der Waals surface area (Å²) in [7, 11) is 4.56. The summed E-state index contributed by atoms with van der Waals surface area (Å²) in [6.07, 6.45) is 0.553. The van der Waals surface area contributed by atoms with Crippen LogP contribution in [0.3, 0.4) is 0 Å². The molecule has 1 heterocycles. The molecule has 28 heavy (non-hydrogen) atoms. The highest BCUT2D eigenvalue weighted by Crippen LogP contribution is 2.29. The van der Waals surface area contributed by atoms with Crippen molar-refractivity contribution in [1.82, 2.24) is 10.3 Å². The lowest BCUT2D eigenvalue weighted by atomic mass is 10.1. The smallest absolute Gasteiger partial charge is 0.251 e. The van der Waals surface area contributed by atoms with Gasteiger partial charge in [0.05, 0.1) is 26.8 Å². The number of ether oxygens (including phenoxy) is 3. The summed E-state index contributed by atoms with van der Waals surface area (Å²) in [6, 6.07) is 8.14. The number of carbonyl (C=O) groups excluding carboxylic acids is 1. The highest BCUT2D eigenvalue weighted by atomic mass is 19.1. The Morgan fingerprint density at radius 3 is 2.50 bits per heavy atom. The van der Waals surface area contributed by atoms with Gasteiger partial charge in [0.2, 0.25) is 0 Å². The van der Waals surface area contributed by atoms with Gasteiger partial charge < -0.3 is 24.5 Å². The number of hydrogen-bond donors (Lipinski definition) is 2. The molecule has 0 atom stereocenters. The lowest BCUT2D eigenvalue weighted by Crippen LogP contribution is -2.25. The second-order valence-corrected chi connectivity index (χ2v) is 6.34. The number of benzene rings is 2. The number of amides is 1. The van der Waals surface area contributed by atoms with Crippen LogP contribution >= 0.6 is 0 Å². The Bertz CT molecular complexity index is 1010. The SMILES string of the molecule is COc1cc(F)c2[nH]c(C)c(CCNC(=O)c3ccc(OC)c(OC)c3)c2c1. The van der Waals surface area contributed by atoms with Crippen molar-refractivity contribution in [2.45, 2.75) is 13.3 Å². The largest absolute Gasteiger partial charge is 0.497 e. The second-order valence-electron chi connectivity index (χ2n) is 6.34. The second kappa shape index (κ2) is 8.21. The molecule has 0 bridgehead atoms. The molecule has 0 saturated heterocycles. The number of nitrogens with one attached hydrogen (secondary N) is 2. The van der Waals surface area contributed by atoms with E-state index >= 15 is 0 Å². The van der Waals surface area contributed by atoms with Crippen molar-refractivity contribution in [1.29, 1.82) is 0 Å². The van der Waals surface area contributed by atoms with Gasteiger partial charge in [-0.05, 0) is 43.2 Å². The summed E-state index contributed by atoms with van der Waals surface area (Å²) >= 11 is 0. The molecule has 3 rings (SSSR count). The average Bonchev–Trinajstić information content (AvgIpc) is 3.03. The van der Waals surface area contributed by atoms with E-state index < -0.39 is 0 Å². The van der Waals surface area contributed by atoms with Gasteiger partial charge in [-0.1, -0.05) is 0 Å². The van der Waals surface area contributed by atoms with E-state index in [4.69, 9.17) is 14.2 Å². The fourth-order valence-electron chi connectivity index (χ4n) is 3.23. The van der Waals surface area contributed by atoms with E-state index in [-0.39, 0.29) is 11.7 Å². The summed E-state index contributed by atoms with van der Waals surface area (Å²) < 4.78 is 29.8. The Morgan fingerprint density at radius 2 is 1.82 bits per heavy atom. The van der Waals surface area contributed by atoms with E-state index in [9.17, 15) is 9.18 Å². The molecular weight excluding hydrogens is 363 g/mol. The number of hydrogen-bond acceptors (Lipinski definition) is 4. The first kappa shape index (κ1) is 19.5. The quantitative estimate of drug-likeness (QED) is 0.651. The molecule has 2 N–H and O–H groups in total.